The summed E-state index contributed by atoms with van der Waals surface area (Å²) in [7, 11) is 0. The average Bonchev–Trinajstić information content (AvgIpc) is 3.56. The average molecular weight is 610 g/mol. The van der Waals surface area contributed by atoms with Crippen molar-refractivity contribution < 1.29 is 4.42 Å². The van der Waals surface area contributed by atoms with Gasteiger partial charge in [-0.3, -0.25) is 0 Å². The van der Waals surface area contributed by atoms with Crippen LogP contribution >= 0.6 is 0 Å². The minimum atomic E-state index is -0.141. The molecule has 0 atom stereocenters. The molecule has 230 valence electrons. The van der Waals surface area contributed by atoms with Gasteiger partial charge < -0.3 is 9.32 Å². The van der Waals surface area contributed by atoms with Crippen molar-refractivity contribution in [1.82, 2.24) is 0 Å². The predicted molar refractivity (Wildman–Crippen MR) is 197 cm³/mol. The van der Waals surface area contributed by atoms with Gasteiger partial charge >= 0.3 is 0 Å². The van der Waals surface area contributed by atoms with Gasteiger partial charge in [0.15, 0.2) is 0 Å². The number of para-hydroxylation sites is 1. The molecule has 0 aliphatic heterocycles. The Hall–Kier alpha value is -5.08. The molecule has 2 nitrogen and oxygen atoms in total. The molecule has 0 N–H and O–H groups in total. The summed E-state index contributed by atoms with van der Waals surface area (Å²) < 4.78 is 6.85. The summed E-state index contributed by atoms with van der Waals surface area (Å²) in [5, 5.41) is 2.31. The van der Waals surface area contributed by atoms with Crippen LogP contribution in [-0.4, -0.2) is 0 Å². The highest BCUT2D eigenvalue weighted by Crippen LogP contribution is 2.57. The molecule has 9 rings (SSSR count). The number of fused-ring (bicyclic) bond motifs is 10. The van der Waals surface area contributed by atoms with Crippen molar-refractivity contribution in [3.8, 4) is 22.3 Å². The minimum Gasteiger partial charge on any atom is -0.456 e. The second-order valence-corrected chi connectivity index (χ2v) is 15.0. The summed E-state index contributed by atoms with van der Waals surface area (Å²) in [6.07, 6.45) is 0. The van der Waals surface area contributed by atoms with Gasteiger partial charge in [0.2, 0.25) is 0 Å². The third-order valence-corrected chi connectivity index (χ3v) is 11.8. The van der Waals surface area contributed by atoms with Crippen LogP contribution in [0.25, 0.3) is 44.2 Å². The molecule has 0 saturated carbocycles. The minimum absolute atomic E-state index is 0.0693. The number of hydrogen-bond donors (Lipinski definition) is 0. The normalized spacial score (nSPS) is 16.4. The van der Waals surface area contributed by atoms with Crippen LogP contribution in [0.5, 0.6) is 0 Å². The van der Waals surface area contributed by atoms with Crippen LogP contribution in [0.15, 0.2) is 132 Å². The van der Waals surface area contributed by atoms with E-state index in [0.29, 0.717) is 0 Å². The first-order valence-electron chi connectivity index (χ1n) is 16.8. The van der Waals surface area contributed by atoms with Gasteiger partial charge in [-0.15, -0.1) is 0 Å². The van der Waals surface area contributed by atoms with Crippen molar-refractivity contribution in [3.05, 3.63) is 150 Å². The zero-order valence-electron chi connectivity index (χ0n) is 28.0. The summed E-state index contributed by atoms with van der Waals surface area (Å²) in [4.78, 5) is 2.39. The Labute approximate surface area is 277 Å². The van der Waals surface area contributed by atoms with E-state index in [1.165, 1.54) is 49.9 Å². The van der Waals surface area contributed by atoms with E-state index < -0.39 is 0 Å². The Balaban J connectivity index is 1.25. The fraction of sp³-hybridized carbons (Fsp3) is 0.200. The lowest BCUT2D eigenvalue weighted by molar-refractivity contribution is 0.299. The zero-order valence-corrected chi connectivity index (χ0v) is 28.0. The maximum atomic E-state index is 6.85. The van der Waals surface area contributed by atoms with E-state index >= 15 is 0 Å². The van der Waals surface area contributed by atoms with E-state index in [-0.39, 0.29) is 16.2 Å². The van der Waals surface area contributed by atoms with Gasteiger partial charge in [0.25, 0.3) is 0 Å². The third kappa shape index (κ3) is 3.73. The van der Waals surface area contributed by atoms with E-state index in [9.17, 15) is 0 Å². The first-order chi connectivity index (χ1) is 22.6. The number of nitrogens with zero attached hydrogens (tertiary/aromatic N) is 1. The summed E-state index contributed by atoms with van der Waals surface area (Å²) in [5.74, 6) is 0. The molecule has 0 fully saturated rings. The van der Waals surface area contributed by atoms with Crippen LogP contribution in [0.4, 0.5) is 17.1 Å². The maximum absolute atomic E-state index is 6.85. The maximum Gasteiger partial charge on any atom is 0.139 e. The van der Waals surface area contributed by atoms with E-state index in [0.717, 1.165) is 33.6 Å². The van der Waals surface area contributed by atoms with Crippen molar-refractivity contribution in [3.63, 3.8) is 0 Å². The molecule has 0 bridgehead atoms. The monoisotopic (exact) mass is 609 g/mol. The molecule has 2 aliphatic carbocycles. The first kappa shape index (κ1) is 28.2. The molecule has 2 heteroatoms. The molecular weight excluding hydrogens is 571 g/mol. The second kappa shape index (κ2) is 9.48. The molecule has 1 aromatic heterocycles. The zero-order chi connectivity index (χ0) is 32.3. The molecule has 47 heavy (non-hydrogen) atoms. The summed E-state index contributed by atoms with van der Waals surface area (Å²) in [6, 6.07) is 46.7. The number of benzene rings is 6. The fourth-order valence-corrected chi connectivity index (χ4v) is 8.58. The third-order valence-electron chi connectivity index (χ3n) is 11.8. The standard InChI is InChI=1S/C45H39NO/c1-43(2)37-18-12-10-16-31(37)33-22-20-30(27-39(33)43)46(28-14-8-7-9-15-28)29-21-25-40-36(26-29)35-24-23-34-32-17-11-13-19-38(32)44(3,4)45(5,6)41(34)42(35)47-40/h7-27H,1-6H3. The van der Waals surface area contributed by atoms with Gasteiger partial charge in [-0.1, -0.05) is 120 Å². The quantitative estimate of drug-likeness (QED) is 0.198. The van der Waals surface area contributed by atoms with Gasteiger partial charge in [0.05, 0.1) is 0 Å². The predicted octanol–water partition coefficient (Wildman–Crippen LogP) is 12.6. The van der Waals surface area contributed by atoms with Crippen LogP contribution in [0, 0.1) is 0 Å². The highest BCUT2D eigenvalue weighted by Gasteiger charge is 2.47. The van der Waals surface area contributed by atoms with Gasteiger partial charge in [0, 0.05) is 44.2 Å². The van der Waals surface area contributed by atoms with Crippen LogP contribution < -0.4 is 4.90 Å². The molecule has 0 radical (unpaired) electrons. The Bertz CT molecular complexity index is 2390. The number of anilines is 3. The SMILES string of the molecule is CC1(C)c2ccccc2-c2ccc(N(c3ccccc3)c3ccc4oc5c6c(ccc5c4c3)-c3ccccc3C(C)(C)C6(C)C)cc21. The summed E-state index contributed by atoms with van der Waals surface area (Å²) in [5.41, 5.74) is 15.8. The first-order valence-corrected chi connectivity index (χ1v) is 16.8. The second-order valence-electron chi connectivity index (χ2n) is 15.0. The lowest BCUT2D eigenvalue weighted by Gasteiger charge is -2.48. The number of furan rings is 1. The van der Waals surface area contributed by atoms with Gasteiger partial charge in [-0.2, -0.15) is 0 Å². The van der Waals surface area contributed by atoms with Crippen LogP contribution in [0.1, 0.15) is 63.8 Å². The molecule has 1 heterocycles. The molecule has 6 aromatic carbocycles. The van der Waals surface area contributed by atoms with E-state index in [1.54, 1.807) is 0 Å². The molecule has 0 unspecified atom stereocenters. The smallest absolute Gasteiger partial charge is 0.139 e. The van der Waals surface area contributed by atoms with Gasteiger partial charge in [-0.05, 0) is 92.9 Å². The van der Waals surface area contributed by atoms with Crippen molar-refractivity contribution >= 4 is 39.0 Å². The van der Waals surface area contributed by atoms with Crippen LogP contribution in [0.2, 0.25) is 0 Å². The van der Waals surface area contributed by atoms with E-state index in [2.05, 4.69) is 174 Å². The lowest BCUT2D eigenvalue weighted by Crippen LogP contribution is -2.43. The van der Waals surface area contributed by atoms with Gasteiger partial charge in [-0.25, -0.2) is 0 Å². The Morgan fingerprint density at radius 3 is 1.81 bits per heavy atom. The van der Waals surface area contributed by atoms with Crippen LogP contribution in [0.3, 0.4) is 0 Å². The van der Waals surface area contributed by atoms with Crippen molar-refractivity contribution in [2.24, 2.45) is 0 Å². The van der Waals surface area contributed by atoms with Crippen molar-refractivity contribution in [2.45, 2.75) is 57.8 Å². The largest absolute Gasteiger partial charge is 0.456 e. The van der Waals surface area contributed by atoms with E-state index in [4.69, 9.17) is 4.42 Å². The molecular formula is C45H39NO. The molecule has 0 spiro atoms. The number of hydrogen-bond acceptors (Lipinski definition) is 2. The Morgan fingerprint density at radius 1 is 0.447 bits per heavy atom. The summed E-state index contributed by atoms with van der Waals surface area (Å²) in [6.45, 7) is 14.2. The van der Waals surface area contributed by atoms with Crippen LogP contribution in [-0.2, 0) is 16.2 Å². The molecule has 7 aromatic rings. The molecule has 0 amide bonds. The number of rotatable bonds is 3. The Kier molecular flexibility index (Phi) is 5.68. The van der Waals surface area contributed by atoms with Crippen molar-refractivity contribution in [2.75, 3.05) is 4.90 Å². The highest BCUT2D eigenvalue weighted by atomic mass is 16.3. The van der Waals surface area contributed by atoms with Crippen molar-refractivity contribution in [1.29, 1.82) is 0 Å². The summed E-state index contributed by atoms with van der Waals surface area (Å²) >= 11 is 0. The molecule has 0 saturated heterocycles. The lowest BCUT2D eigenvalue weighted by atomic mass is 9.55. The highest BCUT2D eigenvalue weighted by molar-refractivity contribution is 6.10. The Morgan fingerprint density at radius 2 is 1.04 bits per heavy atom. The molecule has 2 aliphatic rings. The topological polar surface area (TPSA) is 16.4 Å². The van der Waals surface area contributed by atoms with Gasteiger partial charge in [0.1, 0.15) is 11.2 Å². The van der Waals surface area contributed by atoms with E-state index in [1.807, 2.05) is 0 Å². The fourth-order valence-electron chi connectivity index (χ4n) is 8.58.